The quantitative estimate of drug-likeness (QED) is 0.632. The predicted molar refractivity (Wildman–Crippen MR) is 130 cm³/mol. The second kappa shape index (κ2) is 9.70. The van der Waals surface area contributed by atoms with Crippen LogP contribution in [0.15, 0.2) is 24.3 Å². The van der Waals surface area contributed by atoms with E-state index in [-0.39, 0.29) is 11.8 Å². The minimum atomic E-state index is 0.234. The minimum Gasteiger partial charge on any atom is -0.497 e. The summed E-state index contributed by atoms with van der Waals surface area (Å²) in [5.41, 5.74) is 3.65. The number of hydrogen-bond acceptors (Lipinski definition) is 5. The van der Waals surface area contributed by atoms with Crippen LogP contribution in [0.25, 0.3) is 0 Å². The summed E-state index contributed by atoms with van der Waals surface area (Å²) in [5, 5.41) is 0. The van der Waals surface area contributed by atoms with Gasteiger partial charge in [0.1, 0.15) is 17.4 Å². The monoisotopic (exact) mass is 448 g/mol. The number of likely N-dealkylation sites (tertiary alicyclic amines) is 1. The first-order valence-electron chi connectivity index (χ1n) is 12.6. The van der Waals surface area contributed by atoms with Crippen LogP contribution >= 0.6 is 0 Å². The average Bonchev–Trinajstić information content (AvgIpc) is 3.67. The fraction of sp³-hybridized carbons (Fsp3) is 0.593. The number of methoxy groups -OCH3 is 1. The highest BCUT2D eigenvalue weighted by Gasteiger charge is 2.31. The van der Waals surface area contributed by atoms with E-state index in [0.29, 0.717) is 6.42 Å². The number of piperidine rings is 1. The molecule has 1 saturated heterocycles. The molecule has 0 unspecified atom stereocenters. The van der Waals surface area contributed by atoms with Gasteiger partial charge in [-0.1, -0.05) is 12.1 Å². The van der Waals surface area contributed by atoms with Crippen LogP contribution in [-0.4, -0.2) is 54.1 Å². The van der Waals surface area contributed by atoms with E-state index in [2.05, 4.69) is 11.8 Å². The molecule has 1 aromatic heterocycles. The molecule has 1 aromatic carbocycles. The van der Waals surface area contributed by atoms with Gasteiger partial charge in [-0.15, -0.1) is 0 Å². The topological polar surface area (TPSA) is 58.6 Å². The molecule has 2 fully saturated rings. The van der Waals surface area contributed by atoms with Crippen molar-refractivity contribution < 1.29 is 9.53 Å². The molecular weight excluding hydrogens is 412 g/mol. The molecule has 2 aromatic rings. The van der Waals surface area contributed by atoms with Gasteiger partial charge in [-0.2, -0.15) is 0 Å². The molecule has 3 aliphatic rings. The van der Waals surface area contributed by atoms with Crippen molar-refractivity contribution in [3.05, 3.63) is 46.9 Å². The number of fused-ring (bicyclic) bond motifs is 1. The average molecular weight is 449 g/mol. The van der Waals surface area contributed by atoms with Crippen molar-refractivity contribution in [1.29, 1.82) is 0 Å². The van der Waals surface area contributed by atoms with Gasteiger partial charge in [-0.25, -0.2) is 9.97 Å². The molecule has 5 rings (SSSR count). The van der Waals surface area contributed by atoms with Crippen LogP contribution in [0.2, 0.25) is 0 Å². The Morgan fingerprint density at radius 2 is 1.91 bits per heavy atom. The van der Waals surface area contributed by atoms with Crippen LogP contribution in [0, 0.1) is 12.8 Å². The minimum absolute atomic E-state index is 0.234. The number of rotatable bonds is 7. The highest BCUT2D eigenvalue weighted by Crippen LogP contribution is 2.36. The van der Waals surface area contributed by atoms with Crippen molar-refractivity contribution in [2.24, 2.45) is 5.92 Å². The first-order valence-corrected chi connectivity index (χ1v) is 12.6. The maximum absolute atomic E-state index is 13.0. The first kappa shape index (κ1) is 22.2. The molecule has 176 valence electrons. The standard InChI is InChI=1S/C27H36N4O2/c1-19-24-6-4-16-31(17-21-7-8-21)27(24)29-26(28-19)22-5-3-15-30(18-22)25(32)14-11-20-9-12-23(33-2)13-10-20/h9-10,12-13,21-22H,3-8,11,14-18H2,1-2H3/t22-/m0/s1. The Morgan fingerprint density at radius 1 is 1.09 bits per heavy atom. The van der Waals surface area contributed by atoms with Crippen molar-refractivity contribution in [3.63, 3.8) is 0 Å². The summed E-state index contributed by atoms with van der Waals surface area (Å²) in [4.78, 5) is 27.6. The van der Waals surface area contributed by atoms with Gasteiger partial charge in [-0.05, 0) is 75.5 Å². The number of amides is 1. The largest absolute Gasteiger partial charge is 0.497 e. The van der Waals surface area contributed by atoms with Gasteiger partial charge in [0, 0.05) is 49.8 Å². The van der Waals surface area contributed by atoms with E-state index in [1.807, 2.05) is 29.2 Å². The van der Waals surface area contributed by atoms with E-state index in [0.717, 1.165) is 75.0 Å². The summed E-state index contributed by atoms with van der Waals surface area (Å²) in [5.74, 6) is 4.29. The lowest BCUT2D eigenvalue weighted by Gasteiger charge is -2.34. The smallest absolute Gasteiger partial charge is 0.222 e. The first-order chi connectivity index (χ1) is 16.1. The zero-order valence-electron chi connectivity index (χ0n) is 20.1. The molecular formula is C27H36N4O2. The van der Waals surface area contributed by atoms with Crippen LogP contribution in [0.5, 0.6) is 5.75 Å². The number of aromatic nitrogens is 2. The molecule has 1 amide bonds. The number of carbonyl (C=O) groups excluding carboxylic acids is 1. The predicted octanol–water partition coefficient (Wildman–Crippen LogP) is 4.30. The Labute approximate surface area is 197 Å². The van der Waals surface area contributed by atoms with Crippen LogP contribution in [0.4, 0.5) is 5.82 Å². The van der Waals surface area contributed by atoms with Crippen molar-refractivity contribution in [2.45, 2.75) is 64.2 Å². The van der Waals surface area contributed by atoms with E-state index < -0.39 is 0 Å². The van der Waals surface area contributed by atoms with Crippen molar-refractivity contribution in [2.75, 3.05) is 38.2 Å². The molecule has 1 atom stereocenters. The third-order valence-electron chi connectivity index (χ3n) is 7.47. The van der Waals surface area contributed by atoms with Crippen LogP contribution in [0.1, 0.15) is 67.1 Å². The Kier molecular flexibility index (Phi) is 6.52. The zero-order valence-corrected chi connectivity index (χ0v) is 20.1. The molecule has 33 heavy (non-hydrogen) atoms. The fourth-order valence-corrected chi connectivity index (χ4v) is 5.30. The van der Waals surface area contributed by atoms with Gasteiger partial charge in [0.05, 0.1) is 7.11 Å². The molecule has 6 nitrogen and oxygen atoms in total. The van der Waals surface area contributed by atoms with Crippen LogP contribution in [-0.2, 0) is 17.6 Å². The lowest BCUT2D eigenvalue weighted by atomic mass is 9.95. The molecule has 0 bridgehead atoms. The van der Waals surface area contributed by atoms with Crippen molar-refractivity contribution in [3.8, 4) is 5.75 Å². The third kappa shape index (κ3) is 5.15. The number of hydrogen-bond donors (Lipinski definition) is 0. The summed E-state index contributed by atoms with van der Waals surface area (Å²) in [7, 11) is 1.67. The second-order valence-electron chi connectivity index (χ2n) is 9.99. The van der Waals surface area contributed by atoms with Gasteiger partial charge in [-0.3, -0.25) is 4.79 Å². The highest BCUT2D eigenvalue weighted by atomic mass is 16.5. The lowest BCUT2D eigenvalue weighted by Crippen LogP contribution is -2.40. The molecule has 3 heterocycles. The summed E-state index contributed by atoms with van der Waals surface area (Å²) >= 11 is 0. The maximum atomic E-state index is 13.0. The van der Waals surface area contributed by atoms with E-state index in [4.69, 9.17) is 14.7 Å². The SMILES string of the molecule is COc1ccc(CCC(=O)N2CCC[C@H](c3nc(C)c4c(n3)N(CC3CC3)CCC4)C2)cc1. The van der Waals surface area contributed by atoms with Crippen LogP contribution < -0.4 is 9.64 Å². The number of carbonyl (C=O) groups is 1. The number of benzene rings is 1. The summed E-state index contributed by atoms with van der Waals surface area (Å²) in [6, 6.07) is 8.00. The van der Waals surface area contributed by atoms with Gasteiger partial charge < -0.3 is 14.5 Å². The normalized spacial score (nSPS) is 20.5. The van der Waals surface area contributed by atoms with Gasteiger partial charge >= 0.3 is 0 Å². The zero-order chi connectivity index (χ0) is 22.8. The number of anilines is 1. The highest BCUT2D eigenvalue weighted by molar-refractivity contribution is 5.76. The molecule has 2 aliphatic heterocycles. The lowest BCUT2D eigenvalue weighted by molar-refractivity contribution is -0.132. The molecule has 0 radical (unpaired) electrons. The van der Waals surface area contributed by atoms with E-state index in [1.165, 1.54) is 36.2 Å². The summed E-state index contributed by atoms with van der Waals surface area (Å²) < 4.78 is 5.23. The van der Waals surface area contributed by atoms with Crippen LogP contribution in [0.3, 0.4) is 0 Å². The Morgan fingerprint density at radius 3 is 2.67 bits per heavy atom. The van der Waals surface area contributed by atoms with E-state index >= 15 is 0 Å². The summed E-state index contributed by atoms with van der Waals surface area (Å²) in [6.45, 7) is 5.98. The number of ether oxygens (including phenoxy) is 1. The third-order valence-corrected chi connectivity index (χ3v) is 7.47. The summed E-state index contributed by atoms with van der Waals surface area (Å²) in [6.07, 6.45) is 8.38. The number of nitrogens with zero attached hydrogens (tertiary/aromatic N) is 4. The Hall–Kier alpha value is -2.63. The molecule has 1 saturated carbocycles. The number of aryl methyl sites for hydroxylation is 2. The Balaban J connectivity index is 1.25. The fourth-order valence-electron chi connectivity index (χ4n) is 5.30. The maximum Gasteiger partial charge on any atom is 0.222 e. The Bertz CT molecular complexity index is 986. The van der Waals surface area contributed by atoms with Crippen molar-refractivity contribution in [1.82, 2.24) is 14.9 Å². The van der Waals surface area contributed by atoms with E-state index in [1.54, 1.807) is 7.11 Å². The van der Waals surface area contributed by atoms with Gasteiger partial charge in [0.25, 0.3) is 0 Å². The molecule has 6 heteroatoms. The molecule has 1 aliphatic carbocycles. The molecule has 0 spiro atoms. The molecule has 0 N–H and O–H groups in total. The van der Waals surface area contributed by atoms with Crippen molar-refractivity contribution >= 4 is 11.7 Å². The van der Waals surface area contributed by atoms with Gasteiger partial charge in [0.2, 0.25) is 5.91 Å². The second-order valence-corrected chi connectivity index (χ2v) is 9.99. The van der Waals surface area contributed by atoms with Gasteiger partial charge in [0.15, 0.2) is 0 Å². The van der Waals surface area contributed by atoms with E-state index in [9.17, 15) is 4.79 Å².